The Morgan fingerprint density at radius 1 is 1.19 bits per heavy atom. The Bertz CT molecular complexity index is 806. The zero-order valence-corrected chi connectivity index (χ0v) is 16.1. The molecular formula is C23H29N3. The number of benzene rings is 1. The molecule has 0 radical (unpaired) electrons. The Morgan fingerprint density at radius 3 is 2.50 bits per heavy atom. The Hall–Kier alpha value is -2.52. The van der Waals surface area contributed by atoms with Crippen LogP contribution in [0.15, 0.2) is 72.5 Å². The number of nitrogens with two attached hydrogens (primary N) is 1. The number of likely N-dealkylation sites (N-methyl/N-ethyl adjacent to an activating group) is 1. The van der Waals surface area contributed by atoms with Crippen molar-refractivity contribution in [1.29, 1.82) is 0 Å². The summed E-state index contributed by atoms with van der Waals surface area (Å²) in [7, 11) is 6.12. The van der Waals surface area contributed by atoms with Crippen LogP contribution in [-0.4, -0.2) is 37.1 Å². The highest BCUT2D eigenvalue weighted by molar-refractivity contribution is 5.73. The lowest BCUT2D eigenvalue weighted by molar-refractivity contribution is 0.317. The summed E-state index contributed by atoms with van der Waals surface area (Å²) in [6, 6.07) is 8.70. The fraction of sp³-hybridized carbons (Fsp3) is 0.304. The standard InChI is InChI=1S/C23H29N3/c1-6-17-13-21-12-11-20(15-22(21)26(5)23(24)14-17)19-9-7-18(8-10-19)16(2)25(3)4/h6-10,13,15,23H,1-2,11-12,14,24H2,3-5H3. The van der Waals surface area contributed by atoms with Gasteiger partial charge in [-0.25, -0.2) is 0 Å². The van der Waals surface area contributed by atoms with Crippen LogP contribution in [0.4, 0.5) is 0 Å². The van der Waals surface area contributed by atoms with Crippen molar-refractivity contribution < 1.29 is 0 Å². The first-order valence-corrected chi connectivity index (χ1v) is 9.13. The molecule has 0 fully saturated rings. The number of hydrogen-bond donors (Lipinski definition) is 1. The van der Waals surface area contributed by atoms with Crippen molar-refractivity contribution in [1.82, 2.24) is 9.80 Å². The number of rotatable bonds is 4. The van der Waals surface area contributed by atoms with E-state index >= 15 is 0 Å². The molecule has 2 N–H and O–H groups in total. The molecule has 1 heterocycles. The molecule has 1 unspecified atom stereocenters. The summed E-state index contributed by atoms with van der Waals surface area (Å²) in [4.78, 5) is 4.24. The fourth-order valence-electron chi connectivity index (χ4n) is 3.55. The minimum atomic E-state index is -0.0202. The quantitative estimate of drug-likeness (QED) is 0.877. The predicted molar refractivity (Wildman–Crippen MR) is 112 cm³/mol. The van der Waals surface area contributed by atoms with Gasteiger partial charge in [-0.3, -0.25) is 0 Å². The van der Waals surface area contributed by atoms with Gasteiger partial charge in [-0.05, 0) is 46.8 Å². The molecule has 0 saturated heterocycles. The predicted octanol–water partition coefficient (Wildman–Crippen LogP) is 4.38. The van der Waals surface area contributed by atoms with E-state index in [-0.39, 0.29) is 6.17 Å². The lowest BCUT2D eigenvalue weighted by atomic mass is 9.90. The van der Waals surface area contributed by atoms with Crippen LogP contribution in [0.3, 0.4) is 0 Å². The molecule has 1 aromatic rings. The fourth-order valence-corrected chi connectivity index (χ4v) is 3.55. The molecule has 1 aliphatic carbocycles. The summed E-state index contributed by atoms with van der Waals surface area (Å²) in [5.74, 6) is 0. The van der Waals surface area contributed by atoms with Gasteiger partial charge in [-0.2, -0.15) is 0 Å². The van der Waals surface area contributed by atoms with Gasteiger partial charge in [0.05, 0.1) is 6.17 Å². The first-order chi connectivity index (χ1) is 12.4. The van der Waals surface area contributed by atoms with E-state index in [1.54, 1.807) is 0 Å². The molecule has 3 nitrogen and oxygen atoms in total. The Labute approximate surface area is 157 Å². The van der Waals surface area contributed by atoms with Crippen LogP contribution < -0.4 is 5.73 Å². The van der Waals surface area contributed by atoms with Crippen molar-refractivity contribution in [2.75, 3.05) is 21.1 Å². The van der Waals surface area contributed by atoms with E-state index in [4.69, 9.17) is 5.73 Å². The maximum absolute atomic E-state index is 6.38. The van der Waals surface area contributed by atoms with E-state index in [1.165, 1.54) is 28.0 Å². The topological polar surface area (TPSA) is 32.5 Å². The van der Waals surface area contributed by atoms with Crippen LogP contribution in [0.25, 0.3) is 11.3 Å². The third-order valence-corrected chi connectivity index (χ3v) is 5.38. The zero-order valence-electron chi connectivity index (χ0n) is 16.1. The Balaban J connectivity index is 1.93. The van der Waals surface area contributed by atoms with Gasteiger partial charge in [0.15, 0.2) is 0 Å². The molecule has 3 heteroatoms. The second-order valence-electron chi connectivity index (χ2n) is 7.30. The van der Waals surface area contributed by atoms with Gasteiger partial charge in [0, 0.05) is 39.0 Å². The van der Waals surface area contributed by atoms with E-state index in [2.05, 4.69) is 61.5 Å². The van der Waals surface area contributed by atoms with E-state index in [9.17, 15) is 0 Å². The molecular weight excluding hydrogens is 318 g/mol. The smallest absolute Gasteiger partial charge is 0.0808 e. The molecule has 2 aliphatic rings. The van der Waals surface area contributed by atoms with E-state index in [0.717, 1.165) is 30.5 Å². The Morgan fingerprint density at radius 2 is 1.88 bits per heavy atom. The molecule has 1 aromatic carbocycles. The number of allylic oxidation sites excluding steroid dienone is 5. The van der Waals surface area contributed by atoms with Crippen molar-refractivity contribution in [2.45, 2.75) is 25.4 Å². The van der Waals surface area contributed by atoms with Gasteiger partial charge in [0.1, 0.15) is 0 Å². The highest BCUT2D eigenvalue weighted by Crippen LogP contribution is 2.35. The lowest BCUT2D eigenvalue weighted by Crippen LogP contribution is -2.38. The van der Waals surface area contributed by atoms with E-state index in [0.29, 0.717) is 0 Å². The highest BCUT2D eigenvalue weighted by atomic mass is 15.2. The maximum atomic E-state index is 6.38. The van der Waals surface area contributed by atoms with Gasteiger partial charge in [0.2, 0.25) is 0 Å². The molecule has 1 aliphatic heterocycles. The highest BCUT2D eigenvalue weighted by Gasteiger charge is 2.23. The molecule has 0 saturated carbocycles. The van der Waals surface area contributed by atoms with Gasteiger partial charge in [-0.15, -0.1) is 0 Å². The van der Waals surface area contributed by atoms with Crippen LogP contribution in [0.5, 0.6) is 0 Å². The molecule has 136 valence electrons. The summed E-state index contributed by atoms with van der Waals surface area (Å²) in [5.41, 5.74) is 15.0. The first kappa shape index (κ1) is 18.3. The van der Waals surface area contributed by atoms with Gasteiger partial charge < -0.3 is 15.5 Å². The van der Waals surface area contributed by atoms with Crippen LogP contribution in [0.1, 0.15) is 30.4 Å². The largest absolute Gasteiger partial charge is 0.378 e. The summed E-state index contributed by atoms with van der Waals surface area (Å²) in [6.07, 6.45) is 9.38. The van der Waals surface area contributed by atoms with E-state index in [1.807, 2.05) is 25.1 Å². The summed E-state index contributed by atoms with van der Waals surface area (Å²) in [5, 5.41) is 0. The normalized spacial score (nSPS) is 20.0. The van der Waals surface area contributed by atoms with Crippen molar-refractivity contribution in [3.63, 3.8) is 0 Å². The van der Waals surface area contributed by atoms with Gasteiger partial charge in [-0.1, -0.05) is 49.6 Å². The van der Waals surface area contributed by atoms with Gasteiger partial charge in [0.25, 0.3) is 0 Å². The SMILES string of the molecule is C=CC1=CC2=C(C=C(c3ccc(C(=C)N(C)C)cc3)CC2)N(C)C(N)C1. The third kappa shape index (κ3) is 3.54. The second-order valence-corrected chi connectivity index (χ2v) is 7.30. The number of hydrogen-bond acceptors (Lipinski definition) is 3. The van der Waals surface area contributed by atoms with Crippen LogP contribution in [0.2, 0.25) is 0 Å². The monoisotopic (exact) mass is 347 g/mol. The third-order valence-electron chi connectivity index (χ3n) is 5.38. The molecule has 0 aromatic heterocycles. The lowest BCUT2D eigenvalue weighted by Gasteiger charge is -2.30. The average Bonchev–Trinajstić information content (AvgIpc) is 2.77. The van der Waals surface area contributed by atoms with Crippen LogP contribution in [-0.2, 0) is 0 Å². The van der Waals surface area contributed by atoms with Crippen LogP contribution in [0, 0.1) is 0 Å². The first-order valence-electron chi connectivity index (χ1n) is 9.13. The van der Waals surface area contributed by atoms with Gasteiger partial charge >= 0.3 is 0 Å². The minimum Gasteiger partial charge on any atom is -0.378 e. The van der Waals surface area contributed by atoms with Crippen molar-refractivity contribution in [3.8, 4) is 0 Å². The molecule has 0 bridgehead atoms. The molecule has 26 heavy (non-hydrogen) atoms. The molecule has 3 rings (SSSR count). The van der Waals surface area contributed by atoms with Crippen molar-refractivity contribution >= 4 is 11.3 Å². The van der Waals surface area contributed by atoms with E-state index < -0.39 is 0 Å². The second kappa shape index (κ2) is 7.38. The molecule has 0 amide bonds. The minimum absolute atomic E-state index is 0.0202. The average molecular weight is 348 g/mol. The zero-order chi connectivity index (χ0) is 18.8. The maximum Gasteiger partial charge on any atom is 0.0808 e. The Kier molecular flexibility index (Phi) is 5.19. The van der Waals surface area contributed by atoms with Crippen LogP contribution >= 0.6 is 0 Å². The molecule has 0 spiro atoms. The summed E-state index contributed by atoms with van der Waals surface area (Å²) >= 11 is 0. The van der Waals surface area contributed by atoms with Crippen molar-refractivity contribution in [2.24, 2.45) is 5.73 Å². The van der Waals surface area contributed by atoms with Crippen molar-refractivity contribution in [3.05, 3.63) is 83.6 Å². The summed E-state index contributed by atoms with van der Waals surface area (Å²) in [6.45, 7) is 8.06. The number of nitrogens with zero attached hydrogens (tertiary/aromatic N) is 2. The summed E-state index contributed by atoms with van der Waals surface area (Å²) < 4.78 is 0. The molecule has 1 atom stereocenters.